The second-order valence-electron chi connectivity index (χ2n) is 4.79. The third kappa shape index (κ3) is 4.00. The number of nitro groups is 1. The maximum absolute atomic E-state index is 10.7. The Morgan fingerprint density at radius 3 is 2.59 bits per heavy atom. The van der Waals surface area contributed by atoms with Crippen LogP contribution in [-0.2, 0) is 0 Å². The van der Waals surface area contributed by atoms with Gasteiger partial charge in [0.25, 0.3) is 5.69 Å². The highest BCUT2D eigenvalue weighted by Crippen LogP contribution is 2.25. The van der Waals surface area contributed by atoms with Crippen molar-refractivity contribution in [3.8, 4) is 5.75 Å². The van der Waals surface area contributed by atoms with Crippen LogP contribution in [0.25, 0.3) is 0 Å². The van der Waals surface area contributed by atoms with Crippen LogP contribution >= 0.6 is 15.9 Å². The number of rotatable bonds is 5. The van der Waals surface area contributed by atoms with Gasteiger partial charge in [-0.1, -0.05) is 29.8 Å². The maximum atomic E-state index is 10.7. The largest absolute Gasteiger partial charge is 0.493 e. The molecular weight excluding hydrogens is 286 g/mol. The standard InChI is InChI=1S/C12H16BrNO3/c1-9-6-10(4-5-11(9)14(15)16)17-8-12(2,3)7-13/h4-6H,7-8H2,1-3H3. The first-order chi connectivity index (χ1) is 7.85. The zero-order chi connectivity index (χ0) is 13.1. The van der Waals surface area contributed by atoms with Crippen LogP contribution in [0.3, 0.4) is 0 Å². The molecule has 5 heteroatoms. The molecule has 4 nitrogen and oxygen atoms in total. The van der Waals surface area contributed by atoms with E-state index >= 15 is 0 Å². The van der Waals surface area contributed by atoms with Crippen molar-refractivity contribution in [3.63, 3.8) is 0 Å². The molecule has 0 saturated heterocycles. The molecule has 0 amide bonds. The lowest BCUT2D eigenvalue weighted by atomic mass is 9.98. The van der Waals surface area contributed by atoms with Crippen molar-refractivity contribution in [1.82, 2.24) is 0 Å². The van der Waals surface area contributed by atoms with Crippen molar-refractivity contribution in [3.05, 3.63) is 33.9 Å². The Bertz CT molecular complexity index is 418. The second-order valence-corrected chi connectivity index (χ2v) is 5.35. The number of hydrogen-bond acceptors (Lipinski definition) is 3. The minimum absolute atomic E-state index is 0.0374. The molecule has 0 atom stereocenters. The molecule has 0 fully saturated rings. The fourth-order valence-electron chi connectivity index (χ4n) is 1.24. The van der Waals surface area contributed by atoms with E-state index in [4.69, 9.17) is 4.74 Å². The molecular formula is C12H16BrNO3. The van der Waals surface area contributed by atoms with Crippen molar-refractivity contribution in [2.75, 3.05) is 11.9 Å². The summed E-state index contributed by atoms with van der Waals surface area (Å²) in [6, 6.07) is 4.81. The average molecular weight is 302 g/mol. The van der Waals surface area contributed by atoms with Crippen LogP contribution in [0.2, 0.25) is 0 Å². The number of nitrogens with zero attached hydrogens (tertiary/aromatic N) is 1. The summed E-state index contributed by atoms with van der Waals surface area (Å²) < 4.78 is 5.62. The highest BCUT2D eigenvalue weighted by atomic mass is 79.9. The first-order valence-electron chi connectivity index (χ1n) is 5.29. The van der Waals surface area contributed by atoms with Crippen LogP contribution in [0, 0.1) is 22.5 Å². The summed E-state index contributed by atoms with van der Waals surface area (Å²) in [6.07, 6.45) is 0. The van der Waals surface area contributed by atoms with E-state index in [1.165, 1.54) is 6.07 Å². The average Bonchev–Trinajstić information content (AvgIpc) is 2.26. The first kappa shape index (κ1) is 14.0. The molecule has 0 saturated carbocycles. The Labute approximate surface area is 109 Å². The van der Waals surface area contributed by atoms with E-state index in [-0.39, 0.29) is 16.0 Å². The Morgan fingerprint density at radius 1 is 1.47 bits per heavy atom. The summed E-state index contributed by atoms with van der Waals surface area (Å²) >= 11 is 3.42. The Balaban J connectivity index is 2.75. The van der Waals surface area contributed by atoms with Crippen LogP contribution in [0.5, 0.6) is 5.75 Å². The van der Waals surface area contributed by atoms with Crippen LogP contribution in [0.4, 0.5) is 5.69 Å². The SMILES string of the molecule is Cc1cc(OCC(C)(C)CBr)ccc1[N+](=O)[O-]. The maximum Gasteiger partial charge on any atom is 0.272 e. The van der Waals surface area contributed by atoms with Crippen LogP contribution < -0.4 is 4.74 Å². The number of halogens is 1. The number of hydrogen-bond donors (Lipinski definition) is 0. The van der Waals surface area contributed by atoms with Gasteiger partial charge in [0.05, 0.1) is 11.5 Å². The smallest absolute Gasteiger partial charge is 0.272 e. The van der Waals surface area contributed by atoms with Gasteiger partial charge in [0, 0.05) is 22.4 Å². The van der Waals surface area contributed by atoms with Gasteiger partial charge in [-0.2, -0.15) is 0 Å². The number of alkyl halides is 1. The molecule has 0 aliphatic heterocycles. The lowest BCUT2D eigenvalue weighted by Crippen LogP contribution is -2.22. The molecule has 0 spiro atoms. The number of ether oxygens (including phenoxy) is 1. The third-order valence-electron chi connectivity index (χ3n) is 2.36. The molecule has 0 radical (unpaired) electrons. The van der Waals surface area contributed by atoms with E-state index in [2.05, 4.69) is 29.8 Å². The van der Waals surface area contributed by atoms with Crippen LogP contribution in [0.15, 0.2) is 18.2 Å². The van der Waals surface area contributed by atoms with Crippen molar-refractivity contribution >= 4 is 21.6 Å². The van der Waals surface area contributed by atoms with Crippen LogP contribution in [-0.4, -0.2) is 16.9 Å². The highest BCUT2D eigenvalue weighted by molar-refractivity contribution is 9.09. The highest BCUT2D eigenvalue weighted by Gasteiger charge is 2.18. The minimum Gasteiger partial charge on any atom is -0.493 e. The van der Waals surface area contributed by atoms with E-state index in [9.17, 15) is 10.1 Å². The van der Waals surface area contributed by atoms with Gasteiger partial charge in [0.15, 0.2) is 0 Å². The molecule has 17 heavy (non-hydrogen) atoms. The lowest BCUT2D eigenvalue weighted by Gasteiger charge is -2.21. The molecule has 0 unspecified atom stereocenters. The van der Waals surface area contributed by atoms with Gasteiger partial charge in [-0.25, -0.2) is 0 Å². The molecule has 1 aromatic carbocycles. The summed E-state index contributed by atoms with van der Waals surface area (Å²) in [5.74, 6) is 0.669. The first-order valence-corrected chi connectivity index (χ1v) is 6.42. The Morgan fingerprint density at radius 2 is 2.12 bits per heavy atom. The summed E-state index contributed by atoms with van der Waals surface area (Å²) in [5, 5.41) is 11.5. The third-order valence-corrected chi connectivity index (χ3v) is 3.87. The van der Waals surface area contributed by atoms with E-state index in [1.807, 2.05) is 0 Å². The molecule has 0 aromatic heterocycles. The summed E-state index contributed by atoms with van der Waals surface area (Å²) in [5.41, 5.74) is 0.775. The van der Waals surface area contributed by atoms with Gasteiger partial charge >= 0.3 is 0 Å². The summed E-state index contributed by atoms with van der Waals surface area (Å²) in [6.45, 7) is 6.44. The van der Waals surface area contributed by atoms with Gasteiger partial charge in [0.1, 0.15) is 5.75 Å². The summed E-state index contributed by atoms with van der Waals surface area (Å²) in [7, 11) is 0. The lowest BCUT2D eigenvalue weighted by molar-refractivity contribution is -0.385. The number of nitro benzene ring substituents is 1. The molecule has 1 aromatic rings. The van der Waals surface area contributed by atoms with Gasteiger partial charge in [-0.15, -0.1) is 0 Å². The van der Waals surface area contributed by atoms with E-state index in [0.29, 0.717) is 17.9 Å². The van der Waals surface area contributed by atoms with Gasteiger partial charge < -0.3 is 4.74 Å². The predicted molar refractivity (Wildman–Crippen MR) is 70.9 cm³/mol. The zero-order valence-electron chi connectivity index (χ0n) is 10.2. The topological polar surface area (TPSA) is 52.4 Å². The van der Waals surface area contributed by atoms with Crippen molar-refractivity contribution in [2.24, 2.45) is 5.41 Å². The van der Waals surface area contributed by atoms with Gasteiger partial charge in [0.2, 0.25) is 0 Å². The van der Waals surface area contributed by atoms with Crippen molar-refractivity contribution < 1.29 is 9.66 Å². The van der Waals surface area contributed by atoms with Crippen LogP contribution in [0.1, 0.15) is 19.4 Å². The van der Waals surface area contributed by atoms with Gasteiger partial charge in [-0.3, -0.25) is 10.1 Å². The molecule has 1 rings (SSSR count). The number of aryl methyl sites for hydroxylation is 1. The number of benzene rings is 1. The monoisotopic (exact) mass is 301 g/mol. The Hall–Kier alpha value is -1.10. The normalized spacial score (nSPS) is 11.3. The second kappa shape index (κ2) is 5.49. The molecule has 94 valence electrons. The van der Waals surface area contributed by atoms with E-state index in [0.717, 1.165) is 5.33 Å². The molecule has 0 aliphatic rings. The molecule has 0 heterocycles. The fourth-order valence-corrected chi connectivity index (χ4v) is 1.40. The summed E-state index contributed by atoms with van der Waals surface area (Å²) in [4.78, 5) is 10.3. The van der Waals surface area contributed by atoms with E-state index in [1.54, 1.807) is 19.1 Å². The molecule has 0 N–H and O–H groups in total. The van der Waals surface area contributed by atoms with Crippen molar-refractivity contribution in [2.45, 2.75) is 20.8 Å². The van der Waals surface area contributed by atoms with E-state index < -0.39 is 0 Å². The Kier molecular flexibility index (Phi) is 4.51. The molecule has 0 bridgehead atoms. The molecule has 0 aliphatic carbocycles. The minimum atomic E-state index is -0.387. The fraction of sp³-hybridized carbons (Fsp3) is 0.500. The van der Waals surface area contributed by atoms with Gasteiger partial charge in [-0.05, 0) is 19.1 Å². The van der Waals surface area contributed by atoms with Crippen molar-refractivity contribution in [1.29, 1.82) is 0 Å². The predicted octanol–water partition coefficient (Wildman–Crippen LogP) is 3.70. The quantitative estimate of drug-likeness (QED) is 0.473. The zero-order valence-corrected chi connectivity index (χ0v) is 11.8.